The van der Waals surface area contributed by atoms with Gasteiger partial charge in [0.05, 0.1) is 6.10 Å². The highest BCUT2D eigenvalue weighted by Crippen LogP contribution is 2.34. The lowest BCUT2D eigenvalue weighted by atomic mass is 9.77. The second-order valence-corrected chi connectivity index (χ2v) is 6.43. The van der Waals surface area contributed by atoms with Gasteiger partial charge < -0.3 is 5.11 Å². The standard InChI is InChI=1S/C14H26N2O/c1-11-3-2-4-12(9-11)14(17)13-10-15-5-7-16(13)8-6-15/h11-14,17H,2-10H2,1H3. The van der Waals surface area contributed by atoms with E-state index in [2.05, 4.69) is 16.7 Å². The molecule has 0 aromatic carbocycles. The molecule has 2 bridgehead atoms. The quantitative estimate of drug-likeness (QED) is 0.782. The molecule has 3 heterocycles. The number of fused-ring (bicyclic) bond motifs is 3. The highest BCUT2D eigenvalue weighted by atomic mass is 16.3. The second-order valence-electron chi connectivity index (χ2n) is 6.43. The highest BCUT2D eigenvalue weighted by Gasteiger charge is 2.39. The van der Waals surface area contributed by atoms with Crippen LogP contribution in [0.15, 0.2) is 0 Å². The Morgan fingerprint density at radius 1 is 1.12 bits per heavy atom. The van der Waals surface area contributed by atoms with Crippen molar-refractivity contribution in [3.63, 3.8) is 0 Å². The van der Waals surface area contributed by atoms with E-state index in [0.29, 0.717) is 12.0 Å². The van der Waals surface area contributed by atoms with Crippen LogP contribution >= 0.6 is 0 Å². The minimum absolute atomic E-state index is 0.0825. The van der Waals surface area contributed by atoms with Gasteiger partial charge in [-0.25, -0.2) is 0 Å². The van der Waals surface area contributed by atoms with Crippen molar-refractivity contribution >= 4 is 0 Å². The Kier molecular flexibility index (Phi) is 3.42. The maximum Gasteiger partial charge on any atom is 0.0736 e. The number of piperazine rings is 3. The summed E-state index contributed by atoms with van der Waals surface area (Å²) in [5.74, 6) is 1.38. The first-order chi connectivity index (χ1) is 8.24. The average molecular weight is 238 g/mol. The number of aliphatic hydroxyl groups excluding tert-OH is 1. The molecule has 1 N–H and O–H groups in total. The predicted molar refractivity (Wildman–Crippen MR) is 68.9 cm³/mol. The normalized spacial score (nSPS) is 48.0. The largest absolute Gasteiger partial charge is 0.391 e. The van der Waals surface area contributed by atoms with E-state index in [-0.39, 0.29) is 6.10 Å². The molecule has 1 saturated carbocycles. The minimum Gasteiger partial charge on any atom is -0.391 e. The first kappa shape index (κ1) is 11.9. The SMILES string of the molecule is CC1CCCC(C(O)C2CN3CCN2CC3)C1. The molecule has 17 heavy (non-hydrogen) atoms. The fourth-order valence-corrected chi connectivity index (χ4v) is 4.09. The Balaban J connectivity index is 1.63. The van der Waals surface area contributed by atoms with Crippen molar-refractivity contribution in [2.75, 3.05) is 32.7 Å². The molecule has 0 aromatic rings. The van der Waals surface area contributed by atoms with Crippen LogP contribution in [0, 0.1) is 11.8 Å². The first-order valence-electron chi connectivity index (χ1n) is 7.38. The lowest BCUT2D eigenvalue weighted by Crippen LogP contribution is -2.65. The Hall–Kier alpha value is -0.120. The topological polar surface area (TPSA) is 26.7 Å². The van der Waals surface area contributed by atoms with E-state index in [1.807, 2.05) is 0 Å². The molecule has 3 aliphatic heterocycles. The van der Waals surface area contributed by atoms with E-state index >= 15 is 0 Å². The van der Waals surface area contributed by atoms with E-state index < -0.39 is 0 Å². The van der Waals surface area contributed by atoms with Crippen molar-refractivity contribution < 1.29 is 5.11 Å². The zero-order chi connectivity index (χ0) is 11.8. The van der Waals surface area contributed by atoms with Gasteiger partial charge in [-0.15, -0.1) is 0 Å². The van der Waals surface area contributed by atoms with Gasteiger partial charge in [-0.3, -0.25) is 9.80 Å². The fourth-order valence-electron chi connectivity index (χ4n) is 4.09. The molecule has 4 fully saturated rings. The van der Waals surface area contributed by atoms with Gasteiger partial charge in [0, 0.05) is 38.8 Å². The zero-order valence-electron chi connectivity index (χ0n) is 11.0. The van der Waals surface area contributed by atoms with Crippen LogP contribution in [0.1, 0.15) is 32.6 Å². The Labute approximate surface area is 105 Å². The molecule has 4 rings (SSSR count). The Morgan fingerprint density at radius 3 is 2.47 bits per heavy atom. The molecule has 3 heteroatoms. The lowest BCUT2D eigenvalue weighted by molar-refractivity contribution is -0.0725. The van der Waals surface area contributed by atoms with Crippen LogP contribution in [0.4, 0.5) is 0 Å². The van der Waals surface area contributed by atoms with Crippen molar-refractivity contribution in [2.24, 2.45) is 11.8 Å². The Bertz CT molecular complexity index is 263. The highest BCUT2D eigenvalue weighted by molar-refractivity contribution is 4.94. The van der Waals surface area contributed by atoms with Crippen LogP contribution in [0.2, 0.25) is 0 Å². The number of aliphatic hydroxyl groups is 1. The van der Waals surface area contributed by atoms with Crippen molar-refractivity contribution in [3.05, 3.63) is 0 Å². The molecule has 0 amide bonds. The molecule has 3 saturated heterocycles. The summed E-state index contributed by atoms with van der Waals surface area (Å²) in [6.07, 6.45) is 5.09. The van der Waals surface area contributed by atoms with Crippen LogP contribution in [0.3, 0.4) is 0 Å². The first-order valence-corrected chi connectivity index (χ1v) is 7.38. The summed E-state index contributed by atoms with van der Waals surface area (Å²) in [5.41, 5.74) is 0. The third-order valence-electron chi connectivity index (χ3n) is 5.18. The van der Waals surface area contributed by atoms with Crippen LogP contribution < -0.4 is 0 Å². The molecule has 0 radical (unpaired) electrons. The van der Waals surface area contributed by atoms with E-state index in [1.165, 1.54) is 51.9 Å². The van der Waals surface area contributed by atoms with Gasteiger partial charge in [0.2, 0.25) is 0 Å². The van der Waals surface area contributed by atoms with Gasteiger partial charge in [-0.1, -0.05) is 19.8 Å². The van der Waals surface area contributed by atoms with Crippen molar-refractivity contribution in [2.45, 2.75) is 44.8 Å². The van der Waals surface area contributed by atoms with Gasteiger partial charge in [-0.2, -0.15) is 0 Å². The van der Waals surface area contributed by atoms with Gasteiger partial charge >= 0.3 is 0 Å². The number of rotatable bonds is 2. The van der Waals surface area contributed by atoms with E-state index in [4.69, 9.17) is 0 Å². The predicted octanol–water partition coefficient (Wildman–Crippen LogP) is 1.17. The monoisotopic (exact) mass is 238 g/mol. The molecular formula is C14H26N2O. The molecule has 0 spiro atoms. The van der Waals surface area contributed by atoms with E-state index in [9.17, 15) is 5.11 Å². The van der Waals surface area contributed by atoms with Crippen molar-refractivity contribution in [1.29, 1.82) is 0 Å². The van der Waals surface area contributed by atoms with Gasteiger partial charge in [0.1, 0.15) is 0 Å². The third kappa shape index (κ3) is 2.38. The van der Waals surface area contributed by atoms with Crippen molar-refractivity contribution in [1.82, 2.24) is 9.80 Å². The molecule has 98 valence electrons. The number of nitrogens with zero attached hydrogens (tertiary/aromatic N) is 2. The number of hydrogen-bond acceptors (Lipinski definition) is 3. The number of hydrogen-bond donors (Lipinski definition) is 1. The summed E-state index contributed by atoms with van der Waals surface area (Å²) in [6.45, 7) is 8.21. The molecule has 4 aliphatic rings. The Morgan fingerprint density at radius 2 is 1.88 bits per heavy atom. The van der Waals surface area contributed by atoms with E-state index in [0.717, 1.165) is 12.5 Å². The average Bonchev–Trinajstić information content (AvgIpc) is 2.39. The zero-order valence-corrected chi connectivity index (χ0v) is 11.0. The fraction of sp³-hybridized carbons (Fsp3) is 1.00. The van der Waals surface area contributed by atoms with Crippen molar-refractivity contribution in [3.8, 4) is 0 Å². The molecule has 1 aliphatic carbocycles. The van der Waals surface area contributed by atoms with Crippen LogP contribution in [-0.2, 0) is 0 Å². The van der Waals surface area contributed by atoms with E-state index in [1.54, 1.807) is 0 Å². The summed E-state index contributed by atoms with van der Waals surface area (Å²) >= 11 is 0. The van der Waals surface area contributed by atoms with Gasteiger partial charge in [0.25, 0.3) is 0 Å². The van der Waals surface area contributed by atoms with Gasteiger partial charge in [-0.05, 0) is 24.7 Å². The lowest BCUT2D eigenvalue weighted by Gasteiger charge is -2.50. The summed E-state index contributed by atoms with van der Waals surface area (Å²) < 4.78 is 0. The molecule has 0 aromatic heterocycles. The summed E-state index contributed by atoms with van der Waals surface area (Å²) in [4.78, 5) is 5.06. The molecule has 4 atom stereocenters. The maximum atomic E-state index is 10.7. The second kappa shape index (κ2) is 4.87. The van der Waals surface area contributed by atoms with Gasteiger partial charge in [0.15, 0.2) is 0 Å². The van der Waals surface area contributed by atoms with Crippen LogP contribution in [0.5, 0.6) is 0 Å². The van der Waals surface area contributed by atoms with Crippen LogP contribution in [0.25, 0.3) is 0 Å². The molecular weight excluding hydrogens is 212 g/mol. The smallest absolute Gasteiger partial charge is 0.0736 e. The third-order valence-corrected chi connectivity index (χ3v) is 5.18. The van der Waals surface area contributed by atoms with Crippen LogP contribution in [-0.4, -0.2) is 59.8 Å². The summed E-state index contributed by atoms with van der Waals surface area (Å²) in [5, 5.41) is 10.7. The molecule has 4 unspecified atom stereocenters. The summed E-state index contributed by atoms with van der Waals surface area (Å²) in [6, 6.07) is 0.424. The maximum absolute atomic E-state index is 10.7. The molecule has 3 nitrogen and oxygen atoms in total. The minimum atomic E-state index is -0.0825. The summed E-state index contributed by atoms with van der Waals surface area (Å²) in [7, 11) is 0.